The number of hydrogen-bond acceptors (Lipinski definition) is 2. The number of rotatable bonds is 10. The number of carbonyl (C=O) groups excluding carboxylic acids is 1. The molecule has 0 aliphatic rings. The summed E-state index contributed by atoms with van der Waals surface area (Å²) >= 11 is 0. The molecule has 0 radical (unpaired) electrons. The highest BCUT2D eigenvalue weighted by molar-refractivity contribution is 5.69. The molecule has 0 fully saturated rings. The maximum Gasteiger partial charge on any atom is 0.511 e. The average molecular weight is 587 g/mol. The summed E-state index contributed by atoms with van der Waals surface area (Å²) in [5, 5.41) is 0. The second kappa shape index (κ2) is 9.35. The fourth-order valence-electron chi connectivity index (χ4n) is 2.44. The molecule has 1 aromatic rings. The molecular weight excluding hydrogens is 575 g/mol. The zero-order valence-corrected chi connectivity index (χ0v) is 17.5. The topological polar surface area (TPSA) is 35.1 Å². The maximum absolute atomic E-state index is 13.7. The first kappa shape index (κ1) is 32.5. The van der Waals surface area contributed by atoms with Crippen LogP contribution in [0.1, 0.15) is 12.8 Å². The molecule has 37 heavy (non-hydrogen) atoms. The van der Waals surface area contributed by atoms with Crippen LogP contribution >= 0.6 is 0 Å². The van der Waals surface area contributed by atoms with E-state index in [2.05, 4.69) is 4.74 Å². The fourth-order valence-corrected chi connectivity index (χ4v) is 2.44. The Morgan fingerprint density at radius 2 is 1.11 bits per heavy atom. The summed E-state index contributed by atoms with van der Waals surface area (Å²) in [6.07, 6.45) is -10.1. The lowest BCUT2D eigenvalue weighted by atomic mass is 9.88. The molecule has 4 nitrogen and oxygen atoms in total. The van der Waals surface area contributed by atoms with Crippen LogP contribution in [0.5, 0.6) is 0 Å². The van der Waals surface area contributed by atoms with Gasteiger partial charge in [0.1, 0.15) is 12.4 Å². The fraction of sp³-hybridized carbons (Fsp3) is 0.750. The SMILES string of the molecule is C[n+]1ccn(C(=O)OCCCC(F)(F)C(F)(F)C(F)(F)C(F)(F)C(F)(F)C(F)(F)C(F)(F)C(F)(F)F)c1. The van der Waals surface area contributed by atoms with E-state index < -0.39 is 73.2 Å². The molecule has 216 valence electrons. The Kier molecular flexibility index (Phi) is 8.22. The first-order valence-corrected chi connectivity index (χ1v) is 9.05. The summed E-state index contributed by atoms with van der Waals surface area (Å²) in [5.74, 6) is -56.6. The van der Waals surface area contributed by atoms with Crippen LogP contribution in [0.25, 0.3) is 0 Å². The van der Waals surface area contributed by atoms with E-state index in [1.165, 1.54) is 17.8 Å². The summed E-state index contributed by atoms with van der Waals surface area (Å²) < 4.78 is 230. The predicted octanol–water partition coefficient (Wildman–Crippen LogP) is 6.09. The Morgan fingerprint density at radius 1 is 0.703 bits per heavy atom. The Bertz CT molecular complexity index is 967. The molecule has 0 unspecified atom stereocenters. The number of imidazole rings is 1. The molecule has 0 N–H and O–H groups in total. The smallest absolute Gasteiger partial charge is 0.431 e. The van der Waals surface area contributed by atoms with Gasteiger partial charge in [0, 0.05) is 6.42 Å². The van der Waals surface area contributed by atoms with E-state index in [4.69, 9.17) is 0 Å². The zero-order valence-electron chi connectivity index (χ0n) is 17.5. The molecule has 0 aliphatic carbocycles. The summed E-state index contributed by atoms with van der Waals surface area (Å²) in [4.78, 5) is 11.5. The second-order valence-corrected chi connectivity index (χ2v) is 7.35. The number of hydrogen-bond donors (Lipinski definition) is 0. The molecule has 0 amide bonds. The van der Waals surface area contributed by atoms with E-state index in [0.29, 0.717) is 4.57 Å². The Balaban J connectivity index is 3.19. The van der Waals surface area contributed by atoms with Crippen LogP contribution in [0.4, 0.5) is 79.4 Å². The Morgan fingerprint density at radius 3 is 1.49 bits per heavy atom. The van der Waals surface area contributed by atoms with Crippen molar-refractivity contribution >= 4 is 6.09 Å². The maximum atomic E-state index is 13.7. The standard InChI is InChI=1S/C16H12F17N2O2/c1-34-4-5-35(7-34)8(36)37-6-2-3-9(17,18)10(19,20)11(21,22)12(23,24)13(25,26)14(27,28)15(29,30)16(31,32)33/h4-5,7H,2-3,6H2,1H3/q+1. The monoisotopic (exact) mass is 587 g/mol. The van der Waals surface area contributed by atoms with Gasteiger partial charge in [-0.25, -0.2) is 4.57 Å². The van der Waals surface area contributed by atoms with Crippen LogP contribution in [-0.2, 0) is 11.8 Å². The van der Waals surface area contributed by atoms with Crippen molar-refractivity contribution in [2.75, 3.05) is 6.61 Å². The van der Waals surface area contributed by atoms with Crippen molar-refractivity contribution in [1.29, 1.82) is 0 Å². The van der Waals surface area contributed by atoms with Crippen molar-refractivity contribution in [3.63, 3.8) is 0 Å². The van der Waals surface area contributed by atoms with Gasteiger partial charge in [-0.15, -0.1) is 4.57 Å². The summed E-state index contributed by atoms with van der Waals surface area (Å²) in [7, 11) is 1.38. The third kappa shape index (κ3) is 5.00. The lowest BCUT2D eigenvalue weighted by Gasteiger charge is -2.42. The summed E-state index contributed by atoms with van der Waals surface area (Å²) in [6, 6.07) is 0. The van der Waals surface area contributed by atoms with Crippen molar-refractivity contribution in [1.82, 2.24) is 4.57 Å². The van der Waals surface area contributed by atoms with Gasteiger partial charge in [0.05, 0.1) is 13.7 Å². The molecule has 0 aliphatic heterocycles. The van der Waals surface area contributed by atoms with Crippen molar-refractivity contribution in [3.8, 4) is 0 Å². The zero-order chi connectivity index (χ0) is 29.7. The minimum absolute atomic E-state index is 0.639. The van der Waals surface area contributed by atoms with Gasteiger partial charge in [0.25, 0.3) is 6.33 Å². The second-order valence-electron chi connectivity index (χ2n) is 7.35. The molecule has 0 atom stereocenters. The molecule has 0 aromatic carbocycles. The van der Waals surface area contributed by atoms with Gasteiger partial charge in [-0.1, -0.05) is 0 Å². The highest BCUT2D eigenvalue weighted by Crippen LogP contribution is 2.64. The van der Waals surface area contributed by atoms with E-state index in [-0.39, 0.29) is 0 Å². The number of carbonyl (C=O) groups is 1. The van der Waals surface area contributed by atoms with Crippen LogP contribution < -0.4 is 4.57 Å². The van der Waals surface area contributed by atoms with Gasteiger partial charge in [0.15, 0.2) is 0 Å². The summed E-state index contributed by atoms with van der Waals surface area (Å²) in [6.45, 7) is -1.31. The number of alkyl halides is 17. The highest BCUT2D eigenvalue weighted by atomic mass is 19.4. The van der Waals surface area contributed by atoms with E-state index in [1.54, 1.807) is 0 Å². The lowest BCUT2D eigenvalue weighted by Crippen LogP contribution is -2.74. The molecule has 0 bridgehead atoms. The van der Waals surface area contributed by atoms with Crippen LogP contribution in [0.15, 0.2) is 18.7 Å². The Labute approximate surface area is 193 Å². The molecule has 0 saturated heterocycles. The van der Waals surface area contributed by atoms with Gasteiger partial charge in [-0.2, -0.15) is 79.4 Å². The van der Waals surface area contributed by atoms with Gasteiger partial charge in [0.2, 0.25) is 0 Å². The third-order valence-electron chi connectivity index (χ3n) is 4.63. The van der Waals surface area contributed by atoms with Crippen molar-refractivity contribution in [2.45, 2.75) is 60.5 Å². The normalized spacial score (nSPS) is 15.2. The van der Waals surface area contributed by atoms with Crippen LogP contribution in [0, 0.1) is 0 Å². The van der Waals surface area contributed by atoms with E-state index in [1.807, 2.05) is 0 Å². The summed E-state index contributed by atoms with van der Waals surface area (Å²) in [5.41, 5.74) is 0. The van der Waals surface area contributed by atoms with Gasteiger partial charge in [-0.05, 0) is 6.42 Å². The molecular formula is C16H12F17N2O2+. The van der Waals surface area contributed by atoms with E-state index in [0.717, 1.165) is 12.5 Å². The number of aryl methyl sites for hydroxylation is 1. The molecule has 0 spiro atoms. The van der Waals surface area contributed by atoms with Gasteiger partial charge in [-0.3, -0.25) is 0 Å². The average Bonchev–Trinajstić information content (AvgIpc) is 3.15. The first-order valence-electron chi connectivity index (χ1n) is 9.05. The van der Waals surface area contributed by atoms with E-state index >= 15 is 0 Å². The largest absolute Gasteiger partial charge is 0.511 e. The van der Waals surface area contributed by atoms with Crippen LogP contribution in [0.2, 0.25) is 0 Å². The Hall–Kier alpha value is -2.51. The minimum atomic E-state index is -8.66. The minimum Gasteiger partial charge on any atom is -0.431 e. The van der Waals surface area contributed by atoms with Gasteiger partial charge >= 0.3 is 53.7 Å². The van der Waals surface area contributed by atoms with Crippen LogP contribution in [-0.4, -0.2) is 64.9 Å². The van der Waals surface area contributed by atoms with Crippen molar-refractivity contribution < 1.29 is 88.7 Å². The highest BCUT2D eigenvalue weighted by Gasteiger charge is 2.95. The quantitative estimate of drug-likeness (QED) is 0.189. The molecule has 1 heterocycles. The predicted molar refractivity (Wildman–Crippen MR) is 82.3 cm³/mol. The lowest BCUT2D eigenvalue weighted by molar-refractivity contribution is -0.670. The molecule has 1 rings (SSSR count). The van der Waals surface area contributed by atoms with Crippen LogP contribution in [0.3, 0.4) is 0 Å². The van der Waals surface area contributed by atoms with E-state index in [9.17, 15) is 79.4 Å². The van der Waals surface area contributed by atoms with Crippen molar-refractivity contribution in [3.05, 3.63) is 18.7 Å². The molecule has 1 aromatic heterocycles. The van der Waals surface area contributed by atoms with Crippen molar-refractivity contribution in [2.24, 2.45) is 7.05 Å². The molecule has 21 heteroatoms. The third-order valence-corrected chi connectivity index (χ3v) is 4.63. The number of nitrogens with zero attached hydrogens (tertiary/aromatic N) is 2. The van der Waals surface area contributed by atoms with Gasteiger partial charge < -0.3 is 4.74 Å². The molecule has 0 saturated carbocycles. The number of halogens is 17. The number of ether oxygens (including phenoxy) is 1. The number of aromatic nitrogens is 2. The first-order chi connectivity index (χ1) is 16.1.